The fourth-order valence-electron chi connectivity index (χ4n) is 4.08. The van der Waals surface area contributed by atoms with Gasteiger partial charge in [0.2, 0.25) is 0 Å². The first kappa shape index (κ1) is 22.3. The van der Waals surface area contributed by atoms with E-state index in [0.717, 1.165) is 22.2 Å². The van der Waals surface area contributed by atoms with Crippen molar-refractivity contribution in [2.45, 2.75) is 19.1 Å². The summed E-state index contributed by atoms with van der Waals surface area (Å²) in [5.41, 5.74) is 3.20. The zero-order valence-electron chi connectivity index (χ0n) is 19.1. The maximum atomic E-state index is 13.3. The molecule has 0 bridgehead atoms. The van der Waals surface area contributed by atoms with Gasteiger partial charge in [-0.05, 0) is 67.1 Å². The summed E-state index contributed by atoms with van der Waals surface area (Å²) in [4.78, 5) is 12.8. The molecule has 35 heavy (non-hydrogen) atoms. The van der Waals surface area contributed by atoms with Crippen molar-refractivity contribution in [1.82, 2.24) is 15.1 Å². The summed E-state index contributed by atoms with van der Waals surface area (Å²) in [6.07, 6.45) is 1.34. The fourth-order valence-corrected chi connectivity index (χ4v) is 4.08. The topological polar surface area (TPSA) is 56.1 Å². The van der Waals surface area contributed by atoms with E-state index >= 15 is 0 Å². The van der Waals surface area contributed by atoms with E-state index in [2.05, 4.69) is 10.4 Å². The van der Waals surface area contributed by atoms with Gasteiger partial charge in [0.1, 0.15) is 17.7 Å². The summed E-state index contributed by atoms with van der Waals surface area (Å²) >= 11 is 0. The Morgan fingerprint density at radius 1 is 0.914 bits per heavy atom. The van der Waals surface area contributed by atoms with Gasteiger partial charge in [-0.3, -0.25) is 4.79 Å². The zero-order valence-corrected chi connectivity index (χ0v) is 19.1. The Balaban J connectivity index is 1.41. The van der Waals surface area contributed by atoms with Crippen molar-refractivity contribution in [3.8, 4) is 11.4 Å². The summed E-state index contributed by atoms with van der Waals surface area (Å²) < 4.78 is 21.5. The largest absolute Gasteiger partial charge is 0.484 e. The van der Waals surface area contributed by atoms with Crippen molar-refractivity contribution in [3.05, 3.63) is 126 Å². The number of hydrogen-bond donors (Lipinski definition) is 1. The number of benzene rings is 4. The summed E-state index contributed by atoms with van der Waals surface area (Å²) in [5, 5.41) is 8.42. The second kappa shape index (κ2) is 9.81. The molecule has 1 aromatic heterocycles. The normalized spacial score (nSPS) is 12.7. The number of aromatic nitrogens is 2. The Kier molecular flexibility index (Phi) is 6.26. The van der Waals surface area contributed by atoms with Gasteiger partial charge >= 0.3 is 0 Å². The molecule has 0 spiro atoms. The zero-order chi connectivity index (χ0) is 24.2. The van der Waals surface area contributed by atoms with Crippen LogP contribution in [0.5, 0.6) is 5.75 Å². The van der Waals surface area contributed by atoms with E-state index in [4.69, 9.17) is 4.74 Å². The highest BCUT2D eigenvalue weighted by Crippen LogP contribution is 2.29. The van der Waals surface area contributed by atoms with Crippen molar-refractivity contribution in [2.75, 3.05) is 0 Å². The van der Waals surface area contributed by atoms with E-state index in [1.54, 1.807) is 35.1 Å². The maximum absolute atomic E-state index is 13.3. The summed E-state index contributed by atoms with van der Waals surface area (Å²) in [6, 6.07) is 30.6. The number of rotatable bonds is 7. The number of ether oxygens (including phenoxy) is 1. The van der Waals surface area contributed by atoms with Gasteiger partial charge < -0.3 is 10.1 Å². The minimum atomic E-state index is -0.409. The lowest BCUT2D eigenvalue weighted by molar-refractivity contribution is 0.0882. The van der Waals surface area contributed by atoms with Crippen molar-refractivity contribution in [1.29, 1.82) is 0 Å². The molecule has 174 valence electrons. The Morgan fingerprint density at radius 2 is 1.60 bits per heavy atom. The second-order valence-corrected chi connectivity index (χ2v) is 8.33. The number of nitrogens with one attached hydrogen (secondary N) is 1. The molecule has 0 aliphatic carbocycles. The average Bonchev–Trinajstić information content (AvgIpc) is 3.32. The van der Waals surface area contributed by atoms with Gasteiger partial charge in [0.25, 0.3) is 5.91 Å². The summed E-state index contributed by atoms with van der Waals surface area (Å²) in [6.45, 7) is 1.93. The van der Waals surface area contributed by atoms with Crippen LogP contribution in [0, 0.1) is 5.82 Å². The van der Waals surface area contributed by atoms with Crippen molar-refractivity contribution < 1.29 is 13.9 Å². The smallest absolute Gasteiger partial charge is 0.251 e. The molecule has 0 radical (unpaired) electrons. The highest BCUT2D eigenvalue weighted by Gasteiger charge is 2.24. The number of carbonyl (C=O) groups is 1. The summed E-state index contributed by atoms with van der Waals surface area (Å²) in [7, 11) is 0. The molecule has 0 saturated carbocycles. The molecule has 4 aromatic carbocycles. The first-order chi connectivity index (χ1) is 17.1. The van der Waals surface area contributed by atoms with E-state index in [0.29, 0.717) is 11.3 Å². The molecule has 2 unspecified atom stereocenters. The first-order valence-electron chi connectivity index (χ1n) is 11.4. The second-order valence-electron chi connectivity index (χ2n) is 8.33. The molecule has 6 heteroatoms. The molecule has 0 saturated heterocycles. The lowest BCUT2D eigenvalue weighted by Gasteiger charge is -2.26. The van der Waals surface area contributed by atoms with E-state index in [-0.39, 0.29) is 17.8 Å². The highest BCUT2D eigenvalue weighted by molar-refractivity contribution is 5.94. The van der Waals surface area contributed by atoms with Gasteiger partial charge in [0.15, 0.2) is 0 Å². The van der Waals surface area contributed by atoms with Crippen molar-refractivity contribution in [2.24, 2.45) is 0 Å². The fraction of sp³-hybridized carbons (Fsp3) is 0.103. The molecule has 0 aliphatic rings. The Morgan fingerprint density at radius 3 is 2.31 bits per heavy atom. The van der Waals surface area contributed by atoms with Crippen molar-refractivity contribution >= 4 is 16.8 Å². The number of amides is 1. The minimum Gasteiger partial charge on any atom is -0.484 e. The molecular weight excluding hydrogens is 441 g/mol. The number of hydrogen-bond acceptors (Lipinski definition) is 3. The average molecular weight is 466 g/mol. The number of fused-ring (bicyclic) bond motifs is 1. The number of carbonyl (C=O) groups excluding carboxylic acids is 1. The predicted molar refractivity (Wildman–Crippen MR) is 134 cm³/mol. The molecule has 5 rings (SSSR count). The van der Waals surface area contributed by atoms with Crippen LogP contribution in [0.1, 0.15) is 28.9 Å². The molecule has 1 amide bonds. The van der Waals surface area contributed by atoms with Crippen LogP contribution in [0.25, 0.3) is 16.6 Å². The third-order valence-corrected chi connectivity index (χ3v) is 5.85. The van der Waals surface area contributed by atoms with Gasteiger partial charge in [-0.1, -0.05) is 48.5 Å². The molecule has 5 aromatic rings. The number of halogens is 1. The van der Waals surface area contributed by atoms with Gasteiger partial charge in [-0.15, -0.1) is 0 Å². The van der Waals surface area contributed by atoms with Crippen LogP contribution in [0.2, 0.25) is 0 Å². The van der Waals surface area contributed by atoms with Gasteiger partial charge in [0.05, 0.1) is 23.4 Å². The standard InChI is InChI=1S/C29H24FN3O2/c1-20(32-29(34)22-10-6-3-7-11-22)28(21-8-4-2-5-9-21)35-26-16-17-27-23(18-26)19-31-33(27)25-14-12-24(30)13-15-25/h2-20,28H,1H3,(H,32,34). The van der Waals surface area contributed by atoms with Crippen LogP contribution in [-0.2, 0) is 0 Å². The third-order valence-electron chi connectivity index (χ3n) is 5.85. The molecule has 2 atom stereocenters. The van der Waals surface area contributed by atoms with Crippen LogP contribution in [-0.4, -0.2) is 21.7 Å². The van der Waals surface area contributed by atoms with Gasteiger partial charge in [0, 0.05) is 10.9 Å². The first-order valence-corrected chi connectivity index (χ1v) is 11.4. The van der Waals surface area contributed by atoms with E-state index in [1.807, 2.05) is 73.7 Å². The predicted octanol–water partition coefficient (Wildman–Crippen LogP) is 6.10. The Bertz CT molecular complexity index is 1430. The maximum Gasteiger partial charge on any atom is 0.251 e. The SMILES string of the molecule is CC(NC(=O)c1ccccc1)C(Oc1ccc2c(cnn2-c2ccc(F)cc2)c1)c1ccccc1. The van der Waals surface area contributed by atoms with Crippen LogP contribution >= 0.6 is 0 Å². The number of nitrogens with zero attached hydrogens (tertiary/aromatic N) is 2. The van der Waals surface area contributed by atoms with Crippen LogP contribution in [0.15, 0.2) is 109 Å². The van der Waals surface area contributed by atoms with Crippen LogP contribution < -0.4 is 10.1 Å². The highest BCUT2D eigenvalue weighted by atomic mass is 19.1. The monoisotopic (exact) mass is 465 g/mol. The molecular formula is C29H24FN3O2. The molecule has 1 N–H and O–H groups in total. The van der Waals surface area contributed by atoms with Crippen LogP contribution in [0.4, 0.5) is 4.39 Å². The Hall–Kier alpha value is -4.45. The molecule has 1 heterocycles. The van der Waals surface area contributed by atoms with Gasteiger partial charge in [-0.2, -0.15) is 5.10 Å². The quantitative estimate of drug-likeness (QED) is 0.316. The van der Waals surface area contributed by atoms with Gasteiger partial charge in [-0.25, -0.2) is 9.07 Å². The van der Waals surface area contributed by atoms with E-state index in [1.165, 1.54) is 12.1 Å². The molecule has 0 fully saturated rings. The minimum absolute atomic E-state index is 0.154. The van der Waals surface area contributed by atoms with E-state index in [9.17, 15) is 9.18 Å². The van der Waals surface area contributed by atoms with Crippen LogP contribution in [0.3, 0.4) is 0 Å². The molecule has 0 aliphatic heterocycles. The third kappa shape index (κ3) is 4.92. The van der Waals surface area contributed by atoms with Crippen molar-refractivity contribution in [3.63, 3.8) is 0 Å². The van der Waals surface area contributed by atoms with E-state index < -0.39 is 6.10 Å². The Labute approximate surface area is 202 Å². The lowest BCUT2D eigenvalue weighted by Crippen LogP contribution is -2.39. The molecule has 5 nitrogen and oxygen atoms in total. The lowest BCUT2D eigenvalue weighted by atomic mass is 10.0. The summed E-state index contributed by atoms with van der Waals surface area (Å²) in [5.74, 6) is 0.214.